The normalized spacial score (nSPS) is 23.1. The topological polar surface area (TPSA) is 64.8 Å². The predicted molar refractivity (Wildman–Crippen MR) is 82.1 cm³/mol. The van der Waals surface area contributed by atoms with Gasteiger partial charge in [0.25, 0.3) is 0 Å². The number of nitrogens with zero attached hydrogens (tertiary/aromatic N) is 1. The van der Waals surface area contributed by atoms with Crippen LogP contribution in [-0.4, -0.2) is 25.2 Å². The molecule has 0 unspecified atom stereocenters. The van der Waals surface area contributed by atoms with Gasteiger partial charge in [-0.25, -0.2) is 0 Å². The number of nitrogens with two attached hydrogens (primary N) is 1. The van der Waals surface area contributed by atoms with Crippen molar-refractivity contribution >= 4 is 11.6 Å². The van der Waals surface area contributed by atoms with Gasteiger partial charge in [-0.2, -0.15) is 0 Å². The highest BCUT2D eigenvalue weighted by Gasteiger charge is 2.46. The molecule has 0 spiro atoms. The summed E-state index contributed by atoms with van der Waals surface area (Å²) >= 11 is 0. The van der Waals surface area contributed by atoms with Gasteiger partial charge in [0, 0.05) is 11.8 Å². The van der Waals surface area contributed by atoms with Crippen LogP contribution in [0.2, 0.25) is 0 Å². The van der Waals surface area contributed by atoms with Crippen molar-refractivity contribution in [1.82, 2.24) is 0 Å². The summed E-state index contributed by atoms with van der Waals surface area (Å²) < 4.78 is 11.1. The van der Waals surface area contributed by atoms with Crippen molar-refractivity contribution in [2.45, 2.75) is 12.1 Å². The average Bonchev–Trinajstić information content (AvgIpc) is 2.59. The zero-order chi connectivity index (χ0) is 15.1. The molecule has 1 saturated heterocycles. The number of β-lactam (4-membered cyclic amide) rings is 1. The molecule has 22 heavy (non-hydrogen) atoms. The summed E-state index contributed by atoms with van der Waals surface area (Å²) in [4.78, 5) is 14.0. The lowest BCUT2D eigenvalue weighted by Crippen LogP contribution is -2.63. The highest BCUT2D eigenvalue weighted by Crippen LogP contribution is 2.41. The van der Waals surface area contributed by atoms with Crippen molar-refractivity contribution in [3.63, 3.8) is 0 Å². The number of carbonyl (C=O) groups excluding carboxylic acids is 1. The number of ether oxygens (including phenoxy) is 2. The van der Waals surface area contributed by atoms with Gasteiger partial charge in [0.2, 0.25) is 5.91 Å². The van der Waals surface area contributed by atoms with Crippen LogP contribution in [-0.2, 0) is 4.79 Å². The molecule has 2 aromatic carbocycles. The summed E-state index contributed by atoms with van der Waals surface area (Å²) in [6.07, 6.45) is 0. The maximum Gasteiger partial charge on any atom is 0.247 e. The molecule has 5 nitrogen and oxygen atoms in total. The van der Waals surface area contributed by atoms with Gasteiger partial charge >= 0.3 is 0 Å². The Hall–Kier alpha value is -2.53. The van der Waals surface area contributed by atoms with Crippen molar-refractivity contribution in [3.05, 3.63) is 54.1 Å². The number of rotatable bonds is 2. The molecule has 1 amide bonds. The minimum atomic E-state index is -0.504. The molecule has 2 aliphatic heterocycles. The van der Waals surface area contributed by atoms with Crippen molar-refractivity contribution in [3.8, 4) is 11.5 Å². The van der Waals surface area contributed by atoms with E-state index in [2.05, 4.69) is 0 Å². The Balaban J connectivity index is 1.70. The Morgan fingerprint density at radius 3 is 2.50 bits per heavy atom. The Bertz CT molecular complexity index is 717. The standard InChI is InChI=1S/C17H16N2O3/c18-15-16(11-4-2-1-3-5-11)19(17(15)20)12-6-7-13-14(10-12)22-9-8-21-13/h1-7,10,15-16H,8-9,18H2/t15-,16+/m0/s1. The molecule has 2 N–H and O–H groups in total. The first kappa shape index (κ1) is 13.2. The Morgan fingerprint density at radius 1 is 1.00 bits per heavy atom. The zero-order valence-electron chi connectivity index (χ0n) is 11.9. The molecule has 0 aliphatic carbocycles. The third-order valence-electron chi connectivity index (χ3n) is 4.09. The van der Waals surface area contributed by atoms with Crippen LogP contribution < -0.4 is 20.1 Å². The van der Waals surface area contributed by atoms with E-state index in [-0.39, 0.29) is 11.9 Å². The first-order valence-electron chi connectivity index (χ1n) is 7.29. The van der Waals surface area contributed by atoms with E-state index in [1.54, 1.807) is 4.90 Å². The Labute approximate surface area is 128 Å². The minimum absolute atomic E-state index is 0.0782. The fraction of sp³-hybridized carbons (Fsp3) is 0.235. The van der Waals surface area contributed by atoms with Crippen molar-refractivity contribution in [2.75, 3.05) is 18.1 Å². The van der Waals surface area contributed by atoms with Crippen LogP contribution in [0.4, 0.5) is 5.69 Å². The van der Waals surface area contributed by atoms with E-state index in [4.69, 9.17) is 15.2 Å². The fourth-order valence-corrected chi connectivity index (χ4v) is 2.99. The highest BCUT2D eigenvalue weighted by molar-refractivity contribution is 6.05. The third kappa shape index (κ3) is 1.94. The Kier molecular flexibility index (Phi) is 3.01. The second kappa shape index (κ2) is 5.03. The van der Waals surface area contributed by atoms with E-state index in [1.165, 1.54) is 0 Å². The van der Waals surface area contributed by atoms with Gasteiger partial charge in [-0.15, -0.1) is 0 Å². The smallest absolute Gasteiger partial charge is 0.247 e. The molecular formula is C17H16N2O3. The molecule has 1 fully saturated rings. The molecule has 5 heteroatoms. The zero-order valence-corrected chi connectivity index (χ0v) is 11.9. The number of hydrogen-bond acceptors (Lipinski definition) is 4. The lowest BCUT2D eigenvalue weighted by molar-refractivity contribution is -0.126. The SMILES string of the molecule is N[C@@H]1C(=O)N(c2ccc3c(c2)OCCO3)[C@@H]1c1ccccc1. The van der Waals surface area contributed by atoms with Crippen LogP contribution in [0, 0.1) is 0 Å². The van der Waals surface area contributed by atoms with E-state index in [0.29, 0.717) is 24.7 Å². The van der Waals surface area contributed by atoms with E-state index in [9.17, 15) is 4.79 Å². The fourth-order valence-electron chi connectivity index (χ4n) is 2.99. The molecule has 4 rings (SSSR count). The van der Waals surface area contributed by atoms with Crippen LogP contribution >= 0.6 is 0 Å². The lowest BCUT2D eigenvalue weighted by atomic mass is 9.88. The summed E-state index contributed by atoms with van der Waals surface area (Å²) in [5.41, 5.74) is 7.83. The van der Waals surface area contributed by atoms with Gasteiger partial charge in [-0.1, -0.05) is 30.3 Å². The van der Waals surface area contributed by atoms with Crippen LogP contribution in [0.15, 0.2) is 48.5 Å². The summed E-state index contributed by atoms with van der Waals surface area (Å²) in [7, 11) is 0. The van der Waals surface area contributed by atoms with Gasteiger partial charge in [0.05, 0.1) is 6.04 Å². The monoisotopic (exact) mass is 296 g/mol. The van der Waals surface area contributed by atoms with Crippen molar-refractivity contribution in [1.29, 1.82) is 0 Å². The van der Waals surface area contributed by atoms with E-state index in [0.717, 1.165) is 11.3 Å². The molecule has 0 saturated carbocycles. The first-order valence-corrected chi connectivity index (χ1v) is 7.29. The number of fused-ring (bicyclic) bond motifs is 1. The highest BCUT2D eigenvalue weighted by atomic mass is 16.6. The van der Waals surface area contributed by atoms with E-state index in [1.807, 2.05) is 48.5 Å². The summed E-state index contributed by atoms with van der Waals surface area (Å²) in [5.74, 6) is 1.30. The second-order valence-corrected chi connectivity index (χ2v) is 5.42. The quantitative estimate of drug-likeness (QED) is 0.859. The van der Waals surface area contributed by atoms with Gasteiger partial charge in [-0.05, 0) is 17.7 Å². The predicted octanol–water partition coefficient (Wildman–Crippen LogP) is 1.87. The maximum absolute atomic E-state index is 12.2. The van der Waals surface area contributed by atoms with Crippen molar-refractivity contribution < 1.29 is 14.3 Å². The average molecular weight is 296 g/mol. The first-order chi connectivity index (χ1) is 10.8. The number of amides is 1. The maximum atomic E-state index is 12.2. The molecule has 2 heterocycles. The number of anilines is 1. The van der Waals surface area contributed by atoms with Crippen LogP contribution in [0.1, 0.15) is 11.6 Å². The van der Waals surface area contributed by atoms with Crippen LogP contribution in [0.25, 0.3) is 0 Å². The van der Waals surface area contributed by atoms with Gasteiger partial charge in [-0.3, -0.25) is 4.79 Å². The summed E-state index contributed by atoms with van der Waals surface area (Å²) in [6, 6.07) is 14.7. The molecule has 0 bridgehead atoms. The molecule has 2 aliphatic rings. The minimum Gasteiger partial charge on any atom is -0.486 e. The second-order valence-electron chi connectivity index (χ2n) is 5.42. The van der Waals surface area contributed by atoms with Gasteiger partial charge in [0.1, 0.15) is 19.3 Å². The molecule has 0 radical (unpaired) electrons. The molecular weight excluding hydrogens is 280 g/mol. The molecule has 2 atom stereocenters. The number of carbonyl (C=O) groups is 1. The van der Waals surface area contributed by atoms with Crippen LogP contribution in [0.5, 0.6) is 11.5 Å². The number of benzene rings is 2. The third-order valence-corrected chi connectivity index (χ3v) is 4.09. The summed E-state index contributed by atoms with van der Waals surface area (Å²) in [6.45, 7) is 1.07. The summed E-state index contributed by atoms with van der Waals surface area (Å²) in [5, 5.41) is 0. The van der Waals surface area contributed by atoms with Crippen LogP contribution in [0.3, 0.4) is 0 Å². The van der Waals surface area contributed by atoms with Crippen molar-refractivity contribution in [2.24, 2.45) is 5.73 Å². The molecule has 112 valence electrons. The Morgan fingerprint density at radius 2 is 1.73 bits per heavy atom. The lowest BCUT2D eigenvalue weighted by Gasteiger charge is -2.45. The van der Waals surface area contributed by atoms with E-state index >= 15 is 0 Å². The van der Waals surface area contributed by atoms with Gasteiger partial charge in [0.15, 0.2) is 11.5 Å². The largest absolute Gasteiger partial charge is 0.486 e. The molecule has 2 aromatic rings. The van der Waals surface area contributed by atoms with Gasteiger partial charge < -0.3 is 20.1 Å². The van der Waals surface area contributed by atoms with E-state index < -0.39 is 6.04 Å². The molecule has 0 aromatic heterocycles. The number of hydrogen-bond donors (Lipinski definition) is 1.